The van der Waals surface area contributed by atoms with Crippen molar-refractivity contribution >= 4 is 5.97 Å². The third-order valence-corrected chi connectivity index (χ3v) is 2.25. The van der Waals surface area contributed by atoms with Crippen molar-refractivity contribution in [2.45, 2.75) is 19.9 Å². The number of ether oxygens (including phenoxy) is 1. The smallest absolute Gasteiger partial charge is 0.306 e. The van der Waals surface area contributed by atoms with Gasteiger partial charge in [-0.2, -0.15) is 0 Å². The Morgan fingerprint density at radius 3 is 2.94 bits per heavy atom. The van der Waals surface area contributed by atoms with Crippen molar-refractivity contribution in [3.8, 4) is 0 Å². The van der Waals surface area contributed by atoms with Crippen LogP contribution < -0.4 is 5.32 Å². The molecule has 1 aromatic rings. The fourth-order valence-electron chi connectivity index (χ4n) is 1.35. The summed E-state index contributed by atoms with van der Waals surface area (Å²) in [6.45, 7) is 2.82. The van der Waals surface area contributed by atoms with E-state index in [1.54, 1.807) is 12.1 Å². The van der Waals surface area contributed by atoms with Crippen molar-refractivity contribution in [3.05, 3.63) is 35.1 Å². The zero-order valence-electron chi connectivity index (χ0n) is 9.55. The highest BCUT2D eigenvalue weighted by atomic mass is 19.1. The summed E-state index contributed by atoms with van der Waals surface area (Å²) in [7, 11) is 1.35. The first-order chi connectivity index (χ1) is 7.63. The van der Waals surface area contributed by atoms with Gasteiger partial charge in [-0.15, -0.1) is 0 Å². The molecule has 1 N–H and O–H groups in total. The van der Waals surface area contributed by atoms with Crippen LogP contribution in [0.2, 0.25) is 0 Å². The van der Waals surface area contributed by atoms with Gasteiger partial charge in [-0.25, -0.2) is 4.39 Å². The van der Waals surface area contributed by atoms with E-state index >= 15 is 0 Å². The van der Waals surface area contributed by atoms with Gasteiger partial charge < -0.3 is 10.1 Å². The Hall–Kier alpha value is -1.42. The van der Waals surface area contributed by atoms with Crippen molar-refractivity contribution < 1.29 is 13.9 Å². The molecule has 1 aromatic carbocycles. The third kappa shape index (κ3) is 3.98. The zero-order chi connectivity index (χ0) is 12.0. The van der Waals surface area contributed by atoms with Gasteiger partial charge in [-0.1, -0.05) is 17.7 Å². The van der Waals surface area contributed by atoms with E-state index in [2.05, 4.69) is 10.1 Å². The second-order valence-electron chi connectivity index (χ2n) is 3.60. The highest BCUT2D eigenvalue weighted by Crippen LogP contribution is 2.09. The number of nitrogens with one attached hydrogen (secondary N) is 1. The Bertz CT molecular complexity index is 366. The maximum Gasteiger partial charge on any atom is 0.306 e. The first-order valence-corrected chi connectivity index (χ1v) is 5.16. The van der Waals surface area contributed by atoms with Crippen molar-refractivity contribution in [2.24, 2.45) is 0 Å². The number of halogens is 1. The molecule has 0 saturated carbocycles. The number of carbonyl (C=O) groups excluding carboxylic acids is 1. The molecular weight excluding hydrogens is 209 g/mol. The quantitative estimate of drug-likeness (QED) is 0.613. The van der Waals surface area contributed by atoms with Crippen LogP contribution in [0.4, 0.5) is 4.39 Å². The average molecular weight is 225 g/mol. The summed E-state index contributed by atoms with van der Waals surface area (Å²) in [6.07, 6.45) is 0.296. The summed E-state index contributed by atoms with van der Waals surface area (Å²) in [5.74, 6) is -0.492. The molecular formula is C12H16FNO2. The van der Waals surface area contributed by atoms with Gasteiger partial charge >= 0.3 is 5.97 Å². The molecule has 0 aliphatic rings. The van der Waals surface area contributed by atoms with Gasteiger partial charge in [0.15, 0.2) is 0 Å². The number of methoxy groups -OCH3 is 1. The van der Waals surface area contributed by atoms with Crippen molar-refractivity contribution in [3.63, 3.8) is 0 Å². The normalized spacial score (nSPS) is 10.2. The van der Waals surface area contributed by atoms with Crippen LogP contribution in [0.3, 0.4) is 0 Å². The lowest BCUT2D eigenvalue weighted by atomic mass is 10.1. The van der Waals surface area contributed by atoms with Crippen molar-refractivity contribution in [2.75, 3.05) is 13.7 Å². The lowest BCUT2D eigenvalue weighted by molar-refractivity contribution is -0.140. The summed E-state index contributed by atoms with van der Waals surface area (Å²) in [6, 6.07) is 4.97. The maximum absolute atomic E-state index is 13.3. The van der Waals surface area contributed by atoms with Gasteiger partial charge in [0.1, 0.15) is 5.82 Å². The predicted molar refractivity (Wildman–Crippen MR) is 59.5 cm³/mol. The van der Waals surface area contributed by atoms with Crippen molar-refractivity contribution in [1.29, 1.82) is 0 Å². The first kappa shape index (κ1) is 12.6. The second kappa shape index (κ2) is 6.23. The third-order valence-electron chi connectivity index (χ3n) is 2.25. The minimum absolute atomic E-state index is 0.226. The van der Waals surface area contributed by atoms with Gasteiger partial charge in [-0.3, -0.25) is 4.79 Å². The van der Waals surface area contributed by atoms with E-state index in [-0.39, 0.29) is 11.8 Å². The molecule has 0 amide bonds. The van der Waals surface area contributed by atoms with Crippen LogP contribution in [0.5, 0.6) is 0 Å². The van der Waals surface area contributed by atoms with Gasteiger partial charge in [-0.05, 0) is 13.0 Å². The largest absolute Gasteiger partial charge is 0.469 e. The lowest BCUT2D eigenvalue weighted by Gasteiger charge is -2.06. The first-order valence-electron chi connectivity index (χ1n) is 5.16. The number of hydrogen-bond acceptors (Lipinski definition) is 3. The van der Waals surface area contributed by atoms with Crippen LogP contribution in [-0.2, 0) is 16.1 Å². The summed E-state index contributed by atoms with van der Waals surface area (Å²) in [5, 5.41) is 2.99. The number of rotatable bonds is 5. The molecule has 1 rings (SSSR count). The molecule has 0 bridgehead atoms. The van der Waals surface area contributed by atoms with Crippen LogP contribution in [0.1, 0.15) is 17.5 Å². The number of carbonyl (C=O) groups is 1. The van der Waals surface area contributed by atoms with Crippen LogP contribution in [-0.4, -0.2) is 19.6 Å². The fourth-order valence-corrected chi connectivity index (χ4v) is 1.35. The average Bonchev–Trinajstić information content (AvgIpc) is 2.28. The lowest BCUT2D eigenvalue weighted by Crippen LogP contribution is -2.19. The van der Waals surface area contributed by atoms with E-state index < -0.39 is 0 Å². The Labute approximate surface area is 94.6 Å². The molecule has 0 spiro atoms. The Kier molecular flexibility index (Phi) is 4.92. The molecule has 0 radical (unpaired) electrons. The molecule has 3 nitrogen and oxygen atoms in total. The summed E-state index contributed by atoms with van der Waals surface area (Å²) < 4.78 is 17.8. The second-order valence-corrected chi connectivity index (χ2v) is 3.60. The van der Waals surface area contributed by atoms with Crippen LogP contribution in [0.15, 0.2) is 18.2 Å². The van der Waals surface area contributed by atoms with E-state index in [0.717, 1.165) is 5.56 Å². The molecule has 0 atom stereocenters. The molecule has 0 aliphatic heterocycles. The molecule has 0 aromatic heterocycles. The standard InChI is InChI=1S/C12H16FNO2/c1-9-3-4-11(13)10(7-9)8-14-6-5-12(15)16-2/h3-4,7,14H,5-6,8H2,1-2H3. The molecule has 0 aliphatic carbocycles. The molecule has 0 fully saturated rings. The van der Waals surface area contributed by atoms with E-state index in [1.165, 1.54) is 13.2 Å². The topological polar surface area (TPSA) is 38.3 Å². The van der Waals surface area contributed by atoms with Gasteiger partial charge in [0.2, 0.25) is 0 Å². The van der Waals surface area contributed by atoms with Crippen molar-refractivity contribution in [1.82, 2.24) is 5.32 Å². The van der Waals surface area contributed by atoms with E-state index in [4.69, 9.17) is 0 Å². The predicted octanol–water partition coefficient (Wildman–Crippen LogP) is 1.79. The van der Waals surface area contributed by atoms with Crippen LogP contribution in [0, 0.1) is 12.7 Å². The van der Waals surface area contributed by atoms with Gasteiger partial charge in [0.05, 0.1) is 13.5 Å². The molecule has 88 valence electrons. The molecule has 4 heteroatoms. The Morgan fingerprint density at radius 2 is 2.25 bits per heavy atom. The number of esters is 1. The minimum atomic E-state index is -0.266. The monoisotopic (exact) mass is 225 g/mol. The van der Waals surface area contributed by atoms with E-state index in [1.807, 2.05) is 6.92 Å². The van der Waals surface area contributed by atoms with Gasteiger partial charge in [0.25, 0.3) is 0 Å². The SMILES string of the molecule is COC(=O)CCNCc1cc(C)ccc1F. The number of hydrogen-bond donors (Lipinski definition) is 1. The van der Waals surface area contributed by atoms with Gasteiger partial charge in [0, 0.05) is 18.7 Å². The zero-order valence-corrected chi connectivity index (χ0v) is 9.55. The highest BCUT2D eigenvalue weighted by Gasteiger charge is 2.03. The van der Waals surface area contributed by atoms with Crippen LogP contribution in [0.25, 0.3) is 0 Å². The Balaban J connectivity index is 2.37. The molecule has 0 saturated heterocycles. The number of aryl methyl sites for hydroxylation is 1. The molecule has 0 unspecified atom stereocenters. The fraction of sp³-hybridized carbons (Fsp3) is 0.417. The number of benzene rings is 1. The summed E-state index contributed by atoms with van der Waals surface area (Å²) in [4.78, 5) is 10.8. The summed E-state index contributed by atoms with van der Waals surface area (Å²) in [5.41, 5.74) is 1.64. The van der Waals surface area contributed by atoms with E-state index in [9.17, 15) is 9.18 Å². The minimum Gasteiger partial charge on any atom is -0.469 e. The maximum atomic E-state index is 13.3. The summed E-state index contributed by atoms with van der Waals surface area (Å²) >= 11 is 0. The van der Waals surface area contributed by atoms with E-state index in [0.29, 0.717) is 25.1 Å². The molecule has 16 heavy (non-hydrogen) atoms. The van der Waals surface area contributed by atoms with Crippen LogP contribution >= 0.6 is 0 Å². The Morgan fingerprint density at radius 1 is 1.50 bits per heavy atom. The highest BCUT2D eigenvalue weighted by molar-refractivity contribution is 5.69. The molecule has 0 heterocycles.